The molecule has 6 nitrogen and oxygen atoms in total. The first-order valence-electron chi connectivity index (χ1n) is 6.08. The molecule has 2 N–H and O–H groups in total. The van der Waals surface area contributed by atoms with Crippen molar-refractivity contribution >= 4 is 11.9 Å². The monoisotopic (exact) mass is 270 g/mol. The summed E-state index contributed by atoms with van der Waals surface area (Å²) in [6.45, 7) is 6.99. The summed E-state index contributed by atoms with van der Waals surface area (Å²) in [6, 6.07) is 0. The summed E-state index contributed by atoms with van der Waals surface area (Å²) in [5.41, 5.74) is -0.195. The van der Waals surface area contributed by atoms with Gasteiger partial charge < -0.3 is 19.7 Å². The zero-order valence-corrected chi connectivity index (χ0v) is 11.0. The van der Waals surface area contributed by atoms with Gasteiger partial charge in [-0.05, 0) is 20.3 Å². The highest BCUT2D eigenvalue weighted by Crippen LogP contribution is 2.33. The molecule has 0 fully saturated rings. The van der Waals surface area contributed by atoms with Crippen LogP contribution in [-0.4, -0.2) is 41.5 Å². The molecule has 6 heteroatoms. The SMILES string of the molecule is C=C1C(O)=C(C(=O)OCC)[C@@H](C(=O)OCC)C[C@H]1O. The van der Waals surface area contributed by atoms with Gasteiger partial charge in [-0.3, -0.25) is 4.79 Å². The smallest absolute Gasteiger partial charge is 0.338 e. The van der Waals surface area contributed by atoms with Crippen molar-refractivity contribution in [3.05, 3.63) is 23.5 Å². The molecule has 0 aromatic carbocycles. The first-order valence-corrected chi connectivity index (χ1v) is 6.08. The number of hydrogen-bond donors (Lipinski definition) is 2. The topological polar surface area (TPSA) is 93.1 Å². The lowest BCUT2D eigenvalue weighted by Gasteiger charge is -2.28. The Bertz CT molecular complexity index is 423. The third-order valence-corrected chi connectivity index (χ3v) is 2.84. The molecule has 2 atom stereocenters. The van der Waals surface area contributed by atoms with Gasteiger partial charge in [-0.25, -0.2) is 4.79 Å². The van der Waals surface area contributed by atoms with Crippen LogP contribution in [-0.2, 0) is 19.1 Å². The second-order valence-corrected chi connectivity index (χ2v) is 4.06. The van der Waals surface area contributed by atoms with Crippen molar-refractivity contribution in [3.8, 4) is 0 Å². The Morgan fingerprint density at radius 3 is 2.42 bits per heavy atom. The van der Waals surface area contributed by atoms with E-state index in [2.05, 4.69) is 6.58 Å². The maximum absolute atomic E-state index is 11.8. The van der Waals surface area contributed by atoms with E-state index < -0.39 is 29.7 Å². The van der Waals surface area contributed by atoms with Gasteiger partial charge in [0.1, 0.15) is 5.76 Å². The number of aliphatic hydroxyl groups is 2. The number of carbonyl (C=O) groups excluding carboxylic acids is 2. The third kappa shape index (κ3) is 3.14. The van der Waals surface area contributed by atoms with Gasteiger partial charge in [0.05, 0.1) is 30.8 Å². The molecule has 1 rings (SSSR count). The molecule has 0 amide bonds. The molecule has 0 aliphatic heterocycles. The van der Waals surface area contributed by atoms with Crippen molar-refractivity contribution in [1.82, 2.24) is 0 Å². The number of ether oxygens (including phenoxy) is 2. The van der Waals surface area contributed by atoms with Crippen LogP contribution < -0.4 is 0 Å². The molecular formula is C13H18O6. The Labute approximate surface area is 111 Å². The number of rotatable bonds is 4. The van der Waals surface area contributed by atoms with Gasteiger partial charge in [-0.2, -0.15) is 0 Å². The van der Waals surface area contributed by atoms with Crippen LogP contribution in [0.15, 0.2) is 23.5 Å². The minimum absolute atomic E-state index is 0.00333. The summed E-state index contributed by atoms with van der Waals surface area (Å²) < 4.78 is 9.65. The summed E-state index contributed by atoms with van der Waals surface area (Å²) in [6.07, 6.45) is -1.15. The fraction of sp³-hybridized carbons (Fsp3) is 0.538. The van der Waals surface area contributed by atoms with E-state index in [1.165, 1.54) is 0 Å². The number of aliphatic hydroxyl groups excluding tert-OH is 2. The van der Waals surface area contributed by atoms with E-state index in [9.17, 15) is 19.8 Å². The molecule has 19 heavy (non-hydrogen) atoms. The van der Waals surface area contributed by atoms with Crippen molar-refractivity contribution < 1.29 is 29.3 Å². The van der Waals surface area contributed by atoms with Gasteiger partial charge >= 0.3 is 11.9 Å². The Morgan fingerprint density at radius 1 is 1.32 bits per heavy atom. The van der Waals surface area contributed by atoms with Gasteiger partial charge in [0.15, 0.2) is 0 Å². The molecule has 106 valence electrons. The molecule has 1 aliphatic carbocycles. The lowest BCUT2D eigenvalue weighted by atomic mass is 9.82. The first-order chi connectivity index (χ1) is 8.93. The number of carbonyl (C=O) groups is 2. The largest absolute Gasteiger partial charge is 0.507 e. The average Bonchev–Trinajstić information content (AvgIpc) is 2.35. The van der Waals surface area contributed by atoms with E-state index in [0.29, 0.717) is 0 Å². The van der Waals surface area contributed by atoms with Gasteiger partial charge in [0, 0.05) is 5.57 Å². The first kappa shape index (κ1) is 15.2. The summed E-state index contributed by atoms with van der Waals surface area (Å²) in [5, 5.41) is 19.6. The summed E-state index contributed by atoms with van der Waals surface area (Å²) in [4.78, 5) is 23.6. The van der Waals surface area contributed by atoms with Crippen molar-refractivity contribution in [1.29, 1.82) is 0 Å². The Kier molecular flexibility index (Phi) is 5.11. The molecule has 0 bridgehead atoms. The molecule has 0 aromatic heterocycles. The zero-order chi connectivity index (χ0) is 14.6. The fourth-order valence-corrected chi connectivity index (χ4v) is 1.88. The molecule has 0 saturated heterocycles. The lowest BCUT2D eigenvalue weighted by Crippen LogP contribution is -2.35. The van der Waals surface area contributed by atoms with Crippen LogP contribution in [0.3, 0.4) is 0 Å². The molecule has 0 saturated carbocycles. The lowest BCUT2D eigenvalue weighted by molar-refractivity contribution is -0.151. The van der Waals surface area contributed by atoms with Crippen LogP contribution in [0.2, 0.25) is 0 Å². The van der Waals surface area contributed by atoms with Gasteiger partial charge in [-0.1, -0.05) is 6.58 Å². The van der Waals surface area contributed by atoms with Crippen LogP contribution in [0.4, 0.5) is 0 Å². The molecule has 0 aromatic rings. The minimum Gasteiger partial charge on any atom is -0.507 e. The molecule has 0 heterocycles. The quantitative estimate of drug-likeness (QED) is 0.736. The van der Waals surface area contributed by atoms with Gasteiger partial charge in [0.2, 0.25) is 0 Å². The van der Waals surface area contributed by atoms with Crippen LogP contribution in [0, 0.1) is 5.92 Å². The highest BCUT2D eigenvalue weighted by atomic mass is 16.5. The van der Waals surface area contributed by atoms with Crippen LogP contribution in [0.25, 0.3) is 0 Å². The van der Waals surface area contributed by atoms with Gasteiger partial charge in [0.25, 0.3) is 0 Å². The Balaban J connectivity index is 3.16. The normalized spacial score (nSPS) is 23.2. The summed E-state index contributed by atoms with van der Waals surface area (Å²) >= 11 is 0. The van der Waals surface area contributed by atoms with E-state index in [1.54, 1.807) is 13.8 Å². The van der Waals surface area contributed by atoms with E-state index in [-0.39, 0.29) is 30.8 Å². The number of hydrogen-bond acceptors (Lipinski definition) is 6. The predicted octanol–water partition coefficient (Wildman–Crippen LogP) is 0.862. The summed E-state index contributed by atoms with van der Waals surface area (Å²) in [5.74, 6) is -3.01. The van der Waals surface area contributed by atoms with E-state index in [1.807, 2.05) is 0 Å². The molecule has 0 unspecified atom stereocenters. The van der Waals surface area contributed by atoms with Crippen LogP contribution >= 0.6 is 0 Å². The second-order valence-electron chi connectivity index (χ2n) is 4.06. The van der Waals surface area contributed by atoms with Crippen molar-refractivity contribution in [2.45, 2.75) is 26.4 Å². The van der Waals surface area contributed by atoms with Crippen LogP contribution in [0.5, 0.6) is 0 Å². The highest BCUT2D eigenvalue weighted by Gasteiger charge is 2.40. The van der Waals surface area contributed by atoms with Crippen molar-refractivity contribution in [2.75, 3.05) is 13.2 Å². The van der Waals surface area contributed by atoms with Crippen LogP contribution in [0.1, 0.15) is 20.3 Å². The van der Waals surface area contributed by atoms with Gasteiger partial charge in [-0.15, -0.1) is 0 Å². The maximum atomic E-state index is 11.8. The number of esters is 2. The van der Waals surface area contributed by atoms with Crippen molar-refractivity contribution in [3.63, 3.8) is 0 Å². The summed E-state index contributed by atoms with van der Waals surface area (Å²) in [7, 11) is 0. The third-order valence-electron chi connectivity index (χ3n) is 2.84. The van der Waals surface area contributed by atoms with Crippen molar-refractivity contribution in [2.24, 2.45) is 5.92 Å². The van der Waals surface area contributed by atoms with E-state index in [4.69, 9.17) is 9.47 Å². The maximum Gasteiger partial charge on any atom is 0.338 e. The fourth-order valence-electron chi connectivity index (χ4n) is 1.88. The zero-order valence-electron chi connectivity index (χ0n) is 11.0. The van der Waals surface area contributed by atoms with E-state index >= 15 is 0 Å². The Hall–Kier alpha value is -1.82. The Morgan fingerprint density at radius 2 is 1.89 bits per heavy atom. The van der Waals surface area contributed by atoms with E-state index in [0.717, 1.165) is 0 Å². The standard InChI is InChI=1S/C13H18O6/c1-4-18-12(16)8-6-9(14)7(3)11(15)10(8)13(17)19-5-2/h8-9,14-15H,3-6H2,1-2H3/t8-,9+/m0/s1. The molecular weight excluding hydrogens is 252 g/mol. The predicted molar refractivity (Wildman–Crippen MR) is 66.2 cm³/mol. The second kappa shape index (κ2) is 6.38. The minimum atomic E-state index is -1.09. The molecule has 0 spiro atoms. The molecule has 0 radical (unpaired) electrons. The molecule has 1 aliphatic rings. The average molecular weight is 270 g/mol. The highest BCUT2D eigenvalue weighted by molar-refractivity contribution is 5.97.